The molecule has 26 heavy (non-hydrogen) atoms. The van der Waals surface area contributed by atoms with E-state index < -0.39 is 0 Å². The van der Waals surface area contributed by atoms with Gasteiger partial charge in [-0.25, -0.2) is 0 Å². The molecule has 2 aromatic rings. The Balaban J connectivity index is 1.50. The highest BCUT2D eigenvalue weighted by atomic mass is 16.2. The Kier molecular flexibility index (Phi) is 4.26. The third-order valence-electron chi connectivity index (χ3n) is 4.80. The highest BCUT2D eigenvalue weighted by Crippen LogP contribution is 2.24. The van der Waals surface area contributed by atoms with E-state index in [1.165, 1.54) is 4.90 Å². The van der Waals surface area contributed by atoms with Crippen molar-refractivity contribution in [2.24, 2.45) is 0 Å². The number of nitrogens with one attached hydrogen (secondary N) is 2. The van der Waals surface area contributed by atoms with Crippen molar-refractivity contribution >= 4 is 17.7 Å². The highest BCUT2D eigenvalue weighted by Gasteiger charge is 2.35. The zero-order chi connectivity index (χ0) is 18.1. The molecule has 2 aromatic carbocycles. The average molecular weight is 349 g/mol. The first kappa shape index (κ1) is 16.5. The summed E-state index contributed by atoms with van der Waals surface area (Å²) in [6.45, 7) is 1.84. The Morgan fingerprint density at radius 3 is 2.46 bits per heavy atom. The standard InChI is InChI=1S/C20H19N3O3/c24-18(22-15-8-9-21-11-15)14-5-3-4-13(10-14)12-23-19(25)16-6-1-2-7-17(16)20(23)26/h1-7,10,15,21H,8-9,11-12H2,(H,22,24). The minimum atomic E-state index is -0.294. The lowest BCUT2D eigenvalue weighted by molar-refractivity contribution is 0.0642. The maximum Gasteiger partial charge on any atom is 0.261 e. The van der Waals surface area contributed by atoms with Gasteiger partial charge in [0.2, 0.25) is 0 Å². The number of nitrogens with zero attached hydrogens (tertiary/aromatic N) is 1. The lowest BCUT2D eigenvalue weighted by atomic mass is 10.1. The highest BCUT2D eigenvalue weighted by molar-refractivity contribution is 6.21. The number of carbonyl (C=O) groups excluding carboxylic acids is 3. The van der Waals surface area contributed by atoms with Crippen LogP contribution in [0, 0.1) is 0 Å². The zero-order valence-electron chi connectivity index (χ0n) is 14.2. The largest absolute Gasteiger partial charge is 0.348 e. The van der Waals surface area contributed by atoms with E-state index >= 15 is 0 Å². The molecule has 2 N–H and O–H groups in total. The molecular weight excluding hydrogens is 330 g/mol. The van der Waals surface area contributed by atoms with Gasteiger partial charge >= 0.3 is 0 Å². The van der Waals surface area contributed by atoms with Gasteiger partial charge in [0, 0.05) is 18.2 Å². The molecule has 6 heteroatoms. The quantitative estimate of drug-likeness (QED) is 0.822. The van der Waals surface area contributed by atoms with Crippen LogP contribution in [0.15, 0.2) is 48.5 Å². The molecule has 6 nitrogen and oxygen atoms in total. The first-order chi connectivity index (χ1) is 12.6. The van der Waals surface area contributed by atoms with Gasteiger partial charge in [-0.2, -0.15) is 0 Å². The fourth-order valence-corrected chi connectivity index (χ4v) is 3.42. The van der Waals surface area contributed by atoms with Crippen LogP contribution in [-0.2, 0) is 6.54 Å². The molecule has 0 radical (unpaired) electrons. The smallest absolute Gasteiger partial charge is 0.261 e. The molecule has 0 spiro atoms. The van der Waals surface area contributed by atoms with Gasteiger partial charge in [0.25, 0.3) is 17.7 Å². The van der Waals surface area contributed by atoms with Gasteiger partial charge in [0.1, 0.15) is 0 Å². The Morgan fingerprint density at radius 1 is 1.08 bits per heavy atom. The van der Waals surface area contributed by atoms with Crippen LogP contribution in [0.4, 0.5) is 0 Å². The van der Waals surface area contributed by atoms with Gasteiger partial charge in [-0.15, -0.1) is 0 Å². The summed E-state index contributed by atoms with van der Waals surface area (Å²) in [6, 6.07) is 14.0. The van der Waals surface area contributed by atoms with Crippen LogP contribution >= 0.6 is 0 Å². The van der Waals surface area contributed by atoms with Crippen LogP contribution in [0.25, 0.3) is 0 Å². The van der Waals surface area contributed by atoms with Crippen molar-refractivity contribution in [1.29, 1.82) is 0 Å². The molecule has 0 aliphatic carbocycles. The number of imide groups is 1. The number of benzene rings is 2. The van der Waals surface area contributed by atoms with Gasteiger partial charge in [-0.1, -0.05) is 24.3 Å². The van der Waals surface area contributed by atoms with E-state index in [0.29, 0.717) is 16.7 Å². The summed E-state index contributed by atoms with van der Waals surface area (Å²) in [5.74, 6) is -0.724. The van der Waals surface area contributed by atoms with Crippen molar-refractivity contribution in [3.63, 3.8) is 0 Å². The van der Waals surface area contributed by atoms with E-state index in [-0.39, 0.29) is 30.3 Å². The molecule has 2 heterocycles. The Hall–Kier alpha value is -2.99. The lowest BCUT2D eigenvalue weighted by Crippen LogP contribution is -2.36. The Labute approximate surface area is 151 Å². The van der Waals surface area contributed by atoms with E-state index in [2.05, 4.69) is 10.6 Å². The molecule has 4 rings (SSSR count). The third kappa shape index (κ3) is 2.99. The van der Waals surface area contributed by atoms with Gasteiger partial charge in [0.05, 0.1) is 17.7 Å². The zero-order valence-corrected chi connectivity index (χ0v) is 14.2. The first-order valence-electron chi connectivity index (χ1n) is 8.69. The second-order valence-electron chi connectivity index (χ2n) is 6.61. The average Bonchev–Trinajstić information content (AvgIpc) is 3.25. The summed E-state index contributed by atoms with van der Waals surface area (Å²) in [5.41, 5.74) is 2.14. The SMILES string of the molecule is O=C(NC1CCNC1)c1cccc(CN2C(=O)c3ccccc3C2=O)c1. The van der Waals surface area contributed by atoms with Crippen LogP contribution in [0.3, 0.4) is 0 Å². The molecule has 0 saturated carbocycles. The second-order valence-corrected chi connectivity index (χ2v) is 6.61. The first-order valence-corrected chi connectivity index (χ1v) is 8.69. The fraction of sp³-hybridized carbons (Fsp3) is 0.250. The number of amides is 3. The third-order valence-corrected chi connectivity index (χ3v) is 4.80. The minimum absolute atomic E-state index is 0.136. The van der Waals surface area contributed by atoms with Crippen LogP contribution in [-0.4, -0.2) is 41.8 Å². The number of fused-ring (bicyclic) bond motifs is 1. The molecule has 3 amide bonds. The predicted molar refractivity (Wildman–Crippen MR) is 95.8 cm³/mol. The normalized spacial score (nSPS) is 18.9. The Bertz CT molecular complexity index is 852. The molecular formula is C20H19N3O3. The molecule has 0 aromatic heterocycles. The van der Waals surface area contributed by atoms with Gasteiger partial charge in [-0.3, -0.25) is 19.3 Å². The van der Waals surface area contributed by atoms with Crippen LogP contribution in [0.1, 0.15) is 43.1 Å². The molecule has 0 bridgehead atoms. The summed E-state index contributed by atoms with van der Waals surface area (Å²) in [7, 11) is 0. The van der Waals surface area contributed by atoms with Crippen molar-refractivity contribution in [2.75, 3.05) is 13.1 Å². The number of carbonyl (C=O) groups is 3. The van der Waals surface area contributed by atoms with Crippen LogP contribution in [0.2, 0.25) is 0 Å². The summed E-state index contributed by atoms with van der Waals surface area (Å²) in [6.07, 6.45) is 0.917. The summed E-state index contributed by atoms with van der Waals surface area (Å²) in [5, 5.41) is 6.21. The summed E-state index contributed by atoms with van der Waals surface area (Å²) in [4.78, 5) is 38.6. The van der Waals surface area contributed by atoms with Crippen molar-refractivity contribution in [2.45, 2.75) is 19.0 Å². The summed E-state index contributed by atoms with van der Waals surface area (Å²) >= 11 is 0. The summed E-state index contributed by atoms with van der Waals surface area (Å²) < 4.78 is 0. The van der Waals surface area contributed by atoms with Gasteiger partial charge < -0.3 is 10.6 Å². The second kappa shape index (κ2) is 6.72. The molecule has 1 saturated heterocycles. The Morgan fingerprint density at radius 2 is 1.81 bits per heavy atom. The van der Waals surface area contributed by atoms with Gasteiger partial charge in [-0.05, 0) is 42.8 Å². The molecule has 132 valence electrons. The topological polar surface area (TPSA) is 78.5 Å². The fourth-order valence-electron chi connectivity index (χ4n) is 3.42. The molecule has 1 unspecified atom stereocenters. The molecule has 2 aliphatic rings. The van der Waals surface area contributed by atoms with E-state index in [1.807, 2.05) is 6.07 Å². The maximum absolute atomic E-state index is 12.5. The predicted octanol–water partition coefficient (Wildman–Crippen LogP) is 1.57. The van der Waals surface area contributed by atoms with Crippen molar-refractivity contribution in [3.05, 3.63) is 70.8 Å². The van der Waals surface area contributed by atoms with Crippen LogP contribution < -0.4 is 10.6 Å². The lowest BCUT2D eigenvalue weighted by Gasteiger charge is -2.15. The van der Waals surface area contributed by atoms with E-state index in [9.17, 15) is 14.4 Å². The molecule has 1 atom stereocenters. The number of hydrogen-bond donors (Lipinski definition) is 2. The molecule has 2 aliphatic heterocycles. The van der Waals surface area contributed by atoms with E-state index in [0.717, 1.165) is 25.1 Å². The monoisotopic (exact) mass is 349 g/mol. The molecule has 1 fully saturated rings. The minimum Gasteiger partial charge on any atom is -0.348 e. The number of hydrogen-bond acceptors (Lipinski definition) is 4. The maximum atomic E-state index is 12.5. The van der Waals surface area contributed by atoms with Crippen molar-refractivity contribution < 1.29 is 14.4 Å². The van der Waals surface area contributed by atoms with Crippen molar-refractivity contribution in [1.82, 2.24) is 15.5 Å². The van der Waals surface area contributed by atoms with E-state index in [1.54, 1.807) is 42.5 Å². The number of rotatable bonds is 4. The van der Waals surface area contributed by atoms with E-state index in [4.69, 9.17) is 0 Å². The van der Waals surface area contributed by atoms with Crippen molar-refractivity contribution in [3.8, 4) is 0 Å². The van der Waals surface area contributed by atoms with Gasteiger partial charge in [0.15, 0.2) is 0 Å². The van der Waals surface area contributed by atoms with Crippen LogP contribution in [0.5, 0.6) is 0 Å².